The third-order valence-corrected chi connectivity index (χ3v) is 4.86. The number of amides is 1. The third-order valence-electron chi connectivity index (χ3n) is 4.86. The molecule has 4 heteroatoms. The Labute approximate surface area is 155 Å². The minimum Gasteiger partial charge on any atom is -0.385 e. The van der Waals surface area contributed by atoms with Gasteiger partial charge in [0.1, 0.15) is 0 Å². The van der Waals surface area contributed by atoms with E-state index in [2.05, 4.69) is 10.6 Å². The van der Waals surface area contributed by atoms with Gasteiger partial charge in [0.2, 0.25) is 0 Å². The molecule has 2 aromatic rings. The molecule has 1 aliphatic rings. The van der Waals surface area contributed by atoms with E-state index in [4.69, 9.17) is 0 Å². The van der Waals surface area contributed by atoms with Crippen molar-refractivity contribution in [3.8, 4) is 0 Å². The summed E-state index contributed by atoms with van der Waals surface area (Å²) < 4.78 is 0. The molecule has 2 aromatic carbocycles. The van der Waals surface area contributed by atoms with Crippen molar-refractivity contribution < 1.29 is 9.59 Å². The van der Waals surface area contributed by atoms with Crippen LogP contribution in [0.1, 0.15) is 59.2 Å². The van der Waals surface area contributed by atoms with Gasteiger partial charge in [0.25, 0.3) is 5.91 Å². The summed E-state index contributed by atoms with van der Waals surface area (Å²) in [6.07, 6.45) is 6.29. The first kappa shape index (κ1) is 18.2. The largest absolute Gasteiger partial charge is 0.385 e. The summed E-state index contributed by atoms with van der Waals surface area (Å²) >= 11 is 0. The molecule has 1 aliphatic carbocycles. The van der Waals surface area contributed by atoms with Crippen LogP contribution in [0.2, 0.25) is 0 Å². The van der Waals surface area contributed by atoms with Crippen molar-refractivity contribution in [3.63, 3.8) is 0 Å². The van der Waals surface area contributed by atoms with E-state index in [1.54, 1.807) is 0 Å². The molecule has 3 rings (SSSR count). The molecule has 0 bridgehead atoms. The number of hydrogen-bond donors (Lipinski definition) is 2. The zero-order valence-corrected chi connectivity index (χ0v) is 15.0. The molecule has 0 aromatic heterocycles. The predicted octanol–water partition coefficient (Wildman–Crippen LogP) is 4.43. The lowest BCUT2D eigenvalue weighted by atomic mass is 9.95. The van der Waals surface area contributed by atoms with E-state index < -0.39 is 0 Å². The van der Waals surface area contributed by atoms with Crippen LogP contribution < -0.4 is 10.6 Å². The highest BCUT2D eigenvalue weighted by atomic mass is 16.1. The topological polar surface area (TPSA) is 58.2 Å². The molecular weight excluding hydrogens is 324 g/mol. The lowest BCUT2D eigenvalue weighted by Crippen LogP contribution is -2.36. The first-order valence-corrected chi connectivity index (χ1v) is 9.45. The number of nitrogens with one attached hydrogen (secondary N) is 2. The Hall–Kier alpha value is -2.62. The molecule has 2 N–H and O–H groups in total. The molecule has 0 spiro atoms. The van der Waals surface area contributed by atoms with Crippen LogP contribution >= 0.6 is 0 Å². The van der Waals surface area contributed by atoms with Crippen LogP contribution in [-0.4, -0.2) is 24.3 Å². The highest BCUT2D eigenvalue weighted by Crippen LogP contribution is 2.18. The maximum atomic E-state index is 12.3. The Morgan fingerprint density at radius 1 is 0.846 bits per heavy atom. The maximum absolute atomic E-state index is 12.3. The number of carbonyl (C=O) groups excluding carboxylic acids is 2. The average molecular weight is 350 g/mol. The summed E-state index contributed by atoms with van der Waals surface area (Å²) in [5.74, 6) is 0.129. The van der Waals surface area contributed by atoms with Crippen molar-refractivity contribution in [2.75, 3.05) is 11.9 Å². The monoisotopic (exact) mass is 350 g/mol. The normalized spacial score (nSPS) is 14.6. The van der Waals surface area contributed by atoms with Crippen molar-refractivity contribution in [2.45, 2.75) is 44.6 Å². The molecule has 1 fully saturated rings. The quantitative estimate of drug-likeness (QED) is 0.726. The molecule has 0 aliphatic heterocycles. The second-order valence-corrected chi connectivity index (χ2v) is 6.85. The number of carbonyl (C=O) groups is 2. The van der Waals surface area contributed by atoms with Gasteiger partial charge in [0, 0.05) is 35.8 Å². The highest BCUT2D eigenvalue weighted by Gasteiger charge is 2.16. The minimum atomic E-state index is 0.00250. The van der Waals surface area contributed by atoms with Crippen molar-refractivity contribution in [3.05, 3.63) is 65.7 Å². The Bertz CT molecular complexity index is 720. The summed E-state index contributed by atoms with van der Waals surface area (Å²) in [5, 5.41) is 6.37. The van der Waals surface area contributed by atoms with Gasteiger partial charge in [0.05, 0.1) is 0 Å². The fourth-order valence-corrected chi connectivity index (χ4v) is 3.34. The Kier molecular flexibility index (Phi) is 6.42. The molecule has 0 heterocycles. The number of benzene rings is 2. The minimum absolute atomic E-state index is 0.00250. The lowest BCUT2D eigenvalue weighted by molar-refractivity contribution is 0.0926. The summed E-state index contributed by atoms with van der Waals surface area (Å²) in [5.41, 5.74) is 2.34. The van der Waals surface area contributed by atoms with Gasteiger partial charge in [-0.1, -0.05) is 49.6 Å². The van der Waals surface area contributed by atoms with Crippen molar-refractivity contribution in [1.29, 1.82) is 0 Å². The molecular formula is C22H26N2O2. The first-order valence-electron chi connectivity index (χ1n) is 9.45. The van der Waals surface area contributed by atoms with Gasteiger partial charge in [-0.05, 0) is 37.1 Å². The molecule has 136 valence electrons. The number of rotatable bonds is 7. The fraction of sp³-hybridized carbons (Fsp3) is 0.364. The molecule has 0 saturated heterocycles. The molecule has 1 saturated carbocycles. The number of Topliss-reactive ketones (excluding diaryl/α,β-unsaturated/α-hetero) is 1. The van der Waals surface area contributed by atoms with Gasteiger partial charge in [0.15, 0.2) is 5.78 Å². The summed E-state index contributed by atoms with van der Waals surface area (Å²) in [7, 11) is 0. The Morgan fingerprint density at radius 3 is 2.23 bits per heavy atom. The molecule has 26 heavy (non-hydrogen) atoms. The zero-order valence-electron chi connectivity index (χ0n) is 15.0. The van der Waals surface area contributed by atoms with Crippen LogP contribution in [0.4, 0.5) is 5.69 Å². The summed E-state index contributed by atoms with van der Waals surface area (Å²) in [6, 6.07) is 17.1. The van der Waals surface area contributed by atoms with E-state index in [0.29, 0.717) is 24.6 Å². The van der Waals surface area contributed by atoms with Gasteiger partial charge in [-0.15, -0.1) is 0 Å². The fourth-order valence-electron chi connectivity index (χ4n) is 3.34. The van der Waals surface area contributed by atoms with E-state index in [-0.39, 0.29) is 11.7 Å². The Morgan fingerprint density at radius 2 is 1.54 bits per heavy atom. The van der Waals surface area contributed by atoms with Gasteiger partial charge < -0.3 is 10.6 Å². The van der Waals surface area contributed by atoms with Crippen LogP contribution in [0.25, 0.3) is 0 Å². The van der Waals surface area contributed by atoms with Gasteiger partial charge in [-0.2, -0.15) is 0 Å². The van der Waals surface area contributed by atoms with Crippen LogP contribution in [-0.2, 0) is 0 Å². The zero-order chi connectivity index (χ0) is 18.2. The molecule has 4 nitrogen and oxygen atoms in total. The standard InChI is InChI=1S/C22H26N2O2/c25-21(17-7-3-1-4-8-17)15-16-23-19-13-11-18(12-14-19)22(26)24-20-9-5-2-6-10-20/h1,3-4,7-8,11-14,20,23H,2,5-6,9-10,15-16H2,(H,24,26). The van der Waals surface area contributed by atoms with E-state index >= 15 is 0 Å². The van der Waals surface area contributed by atoms with Gasteiger partial charge in [-0.25, -0.2) is 0 Å². The first-order chi connectivity index (χ1) is 12.7. The molecule has 1 amide bonds. The summed E-state index contributed by atoms with van der Waals surface area (Å²) in [4.78, 5) is 24.4. The van der Waals surface area contributed by atoms with Crippen LogP contribution in [0, 0.1) is 0 Å². The van der Waals surface area contributed by atoms with Crippen molar-refractivity contribution >= 4 is 17.4 Å². The maximum Gasteiger partial charge on any atom is 0.251 e. The van der Waals surface area contributed by atoms with E-state index in [1.807, 2.05) is 54.6 Å². The lowest BCUT2D eigenvalue weighted by Gasteiger charge is -2.22. The third kappa shape index (κ3) is 5.19. The number of ketones is 1. The number of anilines is 1. The van der Waals surface area contributed by atoms with E-state index in [1.165, 1.54) is 19.3 Å². The van der Waals surface area contributed by atoms with Crippen LogP contribution in [0.3, 0.4) is 0 Å². The van der Waals surface area contributed by atoms with Gasteiger partial charge in [-0.3, -0.25) is 9.59 Å². The van der Waals surface area contributed by atoms with Gasteiger partial charge >= 0.3 is 0 Å². The predicted molar refractivity (Wildman–Crippen MR) is 105 cm³/mol. The Balaban J connectivity index is 1.45. The second-order valence-electron chi connectivity index (χ2n) is 6.85. The highest BCUT2D eigenvalue weighted by molar-refractivity contribution is 5.96. The van der Waals surface area contributed by atoms with Crippen LogP contribution in [0.5, 0.6) is 0 Å². The van der Waals surface area contributed by atoms with Crippen molar-refractivity contribution in [1.82, 2.24) is 5.32 Å². The smallest absolute Gasteiger partial charge is 0.251 e. The van der Waals surface area contributed by atoms with E-state index in [0.717, 1.165) is 24.1 Å². The molecule has 0 radical (unpaired) electrons. The molecule has 0 atom stereocenters. The van der Waals surface area contributed by atoms with Crippen molar-refractivity contribution in [2.24, 2.45) is 0 Å². The summed E-state index contributed by atoms with van der Waals surface area (Å²) in [6.45, 7) is 0.571. The number of hydrogen-bond acceptors (Lipinski definition) is 3. The van der Waals surface area contributed by atoms with Crippen LogP contribution in [0.15, 0.2) is 54.6 Å². The molecule has 0 unspecified atom stereocenters. The van der Waals surface area contributed by atoms with E-state index in [9.17, 15) is 9.59 Å². The average Bonchev–Trinajstić information content (AvgIpc) is 2.70. The SMILES string of the molecule is O=C(CCNc1ccc(C(=O)NC2CCCCC2)cc1)c1ccccc1. The second kappa shape index (κ2) is 9.18.